The molecule has 0 saturated carbocycles. The van der Waals surface area contributed by atoms with E-state index < -0.39 is 5.97 Å². The van der Waals surface area contributed by atoms with Crippen molar-refractivity contribution in [1.82, 2.24) is 14.7 Å². The number of amides is 2. The molecule has 0 radical (unpaired) electrons. The van der Waals surface area contributed by atoms with Crippen LogP contribution in [0.15, 0.2) is 30.3 Å². The smallest absolute Gasteiger partial charge is 0.322 e. The SMILES string of the molecule is Cc1ccc(-n2nc(NC(=O)N(C)CCC(=O)O)cc2C)cc1. The highest BCUT2D eigenvalue weighted by Crippen LogP contribution is 2.16. The molecule has 0 aliphatic rings. The van der Waals surface area contributed by atoms with Crippen LogP contribution < -0.4 is 5.32 Å². The number of carboxylic acids is 1. The Labute approximate surface area is 134 Å². The summed E-state index contributed by atoms with van der Waals surface area (Å²) in [5.41, 5.74) is 2.96. The van der Waals surface area contributed by atoms with Gasteiger partial charge in [0.25, 0.3) is 0 Å². The van der Waals surface area contributed by atoms with Crippen LogP contribution in [0, 0.1) is 13.8 Å². The molecule has 1 heterocycles. The predicted octanol–water partition coefficient (Wildman–Crippen LogP) is 2.43. The minimum Gasteiger partial charge on any atom is -0.481 e. The molecule has 0 aliphatic carbocycles. The summed E-state index contributed by atoms with van der Waals surface area (Å²) >= 11 is 0. The van der Waals surface area contributed by atoms with E-state index in [1.165, 1.54) is 4.90 Å². The Balaban J connectivity index is 2.07. The van der Waals surface area contributed by atoms with Crippen molar-refractivity contribution in [3.63, 3.8) is 0 Å². The Bertz CT molecular complexity index is 707. The van der Waals surface area contributed by atoms with Crippen molar-refractivity contribution >= 4 is 17.8 Å². The maximum Gasteiger partial charge on any atom is 0.322 e. The van der Waals surface area contributed by atoms with Crippen LogP contribution in [0.5, 0.6) is 0 Å². The number of carboxylic acid groups (broad SMARTS) is 1. The molecular formula is C16H20N4O3. The third-order valence-electron chi connectivity index (χ3n) is 3.41. The summed E-state index contributed by atoms with van der Waals surface area (Å²) in [4.78, 5) is 23.9. The van der Waals surface area contributed by atoms with Gasteiger partial charge in [-0.2, -0.15) is 0 Å². The van der Waals surface area contributed by atoms with E-state index >= 15 is 0 Å². The highest BCUT2D eigenvalue weighted by molar-refractivity contribution is 5.88. The van der Waals surface area contributed by atoms with Crippen LogP contribution in [0.1, 0.15) is 17.7 Å². The number of aromatic nitrogens is 2. The minimum absolute atomic E-state index is 0.0965. The molecule has 0 aliphatic heterocycles. The molecule has 0 bridgehead atoms. The Morgan fingerprint density at radius 3 is 2.52 bits per heavy atom. The molecule has 2 aromatic rings. The van der Waals surface area contributed by atoms with Gasteiger partial charge in [-0.3, -0.25) is 10.1 Å². The van der Waals surface area contributed by atoms with Crippen LogP contribution in [-0.2, 0) is 4.79 Å². The maximum absolute atomic E-state index is 12.0. The fourth-order valence-electron chi connectivity index (χ4n) is 2.05. The molecule has 0 fully saturated rings. The van der Waals surface area contributed by atoms with Crippen molar-refractivity contribution in [1.29, 1.82) is 0 Å². The number of rotatable bonds is 5. The molecule has 1 aromatic carbocycles. The number of carbonyl (C=O) groups is 2. The van der Waals surface area contributed by atoms with Gasteiger partial charge in [0.15, 0.2) is 5.82 Å². The van der Waals surface area contributed by atoms with Crippen LogP contribution in [0.4, 0.5) is 10.6 Å². The second kappa shape index (κ2) is 6.95. The van der Waals surface area contributed by atoms with Gasteiger partial charge < -0.3 is 10.0 Å². The fourth-order valence-corrected chi connectivity index (χ4v) is 2.05. The number of benzene rings is 1. The first kappa shape index (κ1) is 16.5. The summed E-state index contributed by atoms with van der Waals surface area (Å²) in [6.07, 6.45) is -0.0965. The van der Waals surface area contributed by atoms with Crippen molar-refractivity contribution in [2.75, 3.05) is 18.9 Å². The summed E-state index contributed by atoms with van der Waals surface area (Å²) in [6.45, 7) is 4.05. The van der Waals surface area contributed by atoms with Crippen molar-refractivity contribution in [2.24, 2.45) is 0 Å². The number of urea groups is 1. The van der Waals surface area contributed by atoms with Crippen molar-refractivity contribution in [3.8, 4) is 5.69 Å². The van der Waals surface area contributed by atoms with Crippen LogP contribution in [0.3, 0.4) is 0 Å². The molecule has 7 heteroatoms. The van der Waals surface area contributed by atoms with Gasteiger partial charge >= 0.3 is 12.0 Å². The summed E-state index contributed by atoms with van der Waals surface area (Å²) in [7, 11) is 1.54. The van der Waals surface area contributed by atoms with Gasteiger partial charge in [0.05, 0.1) is 12.1 Å². The van der Waals surface area contributed by atoms with Gasteiger partial charge in [-0.05, 0) is 26.0 Å². The second-order valence-electron chi connectivity index (χ2n) is 5.41. The number of aliphatic carboxylic acids is 1. The van der Waals surface area contributed by atoms with Crippen molar-refractivity contribution < 1.29 is 14.7 Å². The zero-order chi connectivity index (χ0) is 17.0. The van der Waals surface area contributed by atoms with Gasteiger partial charge in [0, 0.05) is 25.4 Å². The van der Waals surface area contributed by atoms with Crippen molar-refractivity contribution in [2.45, 2.75) is 20.3 Å². The highest BCUT2D eigenvalue weighted by atomic mass is 16.4. The topological polar surface area (TPSA) is 87.5 Å². The van der Waals surface area contributed by atoms with E-state index in [0.717, 1.165) is 16.9 Å². The molecule has 23 heavy (non-hydrogen) atoms. The molecule has 0 saturated heterocycles. The first-order valence-electron chi connectivity index (χ1n) is 7.24. The molecule has 0 spiro atoms. The molecule has 122 valence electrons. The fraction of sp³-hybridized carbons (Fsp3) is 0.312. The Morgan fingerprint density at radius 2 is 1.91 bits per heavy atom. The lowest BCUT2D eigenvalue weighted by Crippen LogP contribution is -2.33. The average molecular weight is 316 g/mol. The van der Waals surface area contributed by atoms with Crippen LogP contribution in [0.2, 0.25) is 0 Å². The maximum atomic E-state index is 12.0. The quantitative estimate of drug-likeness (QED) is 0.887. The van der Waals surface area contributed by atoms with Gasteiger partial charge in [0.2, 0.25) is 0 Å². The van der Waals surface area contributed by atoms with Gasteiger partial charge in [-0.25, -0.2) is 9.48 Å². The zero-order valence-electron chi connectivity index (χ0n) is 13.4. The average Bonchev–Trinajstić information content (AvgIpc) is 2.86. The summed E-state index contributed by atoms with van der Waals surface area (Å²) in [6, 6.07) is 9.28. The second-order valence-corrected chi connectivity index (χ2v) is 5.41. The number of nitrogens with one attached hydrogen (secondary N) is 1. The molecule has 2 N–H and O–H groups in total. The van der Waals surface area contributed by atoms with E-state index in [1.54, 1.807) is 17.8 Å². The summed E-state index contributed by atoms with van der Waals surface area (Å²) in [5.74, 6) is -0.514. The molecule has 2 rings (SSSR count). The largest absolute Gasteiger partial charge is 0.481 e. The van der Waals surface area contributed by atoms with Gasteiger partial charge in [-0.15, -0.1) is 5.10 Å². The molecule has 0 atom stereocenters. The van der Waals surface area contributed by atoms with Crippen molar-refractivity contribution in [3.05, 3.63) is 41.6 Å². The first-order valence-corrected chi connectivity index (χ1v) is 7.24. The molecule has 0 unspecified atom stereocenters. The lowest BCUT2D eigenvalue weighted by atomic mass is 10.2. The molecule has 2 amide bonds. The zero-order valence-corrected chi connectivity index (χ0v) is 13.4. The van der Waals surface area contributed by atoms with E-state index in [2.05, 4.69) is 10.4 Å². The molecule has 7 nitrogen and oxygen atoms in total. The summed E-state index contributed by atoms with van der Waals surface area (Å²) < 4.78 is 1.74. The third-order valence-corrected chi connectivity index (χ3v) is 3.41. The Hall–Kier alpha value is -2.83. The van der Waals surface area contributed by atoms with Gasteiger partial charge in [0.1, 0.15) is 0 Å². The number of hydrogen-bond donors (Lipinski definition) is 2. The minimum atomic E-state index is -0.941. The number of carbonyl (C=O) groups excluding carboxylic acids is 1. The lowest BCUT2D eigenvalue weighted by Gasteiger charge is -2.15. The number of nitrogens with zero attached hydrogens (tertiary/aromatic N) is 3. The van der Waals surface area contributed by atoms with E-state index in [1.807, 2.05) is 38.1 Å². The van der Waals surface area contributed by atoms with E-state index in [-0.39, 0.29) is 19.0 Å². The molecular weight excluding hydrogens is 296 g/mol. The van der Waals surface area contributed by atoms with Crippen LogP contribution >= 0.6 is 0 Å². The third kappa shape index (κ3) is 4.32. The summed E-state index contributed by atoms with van der Waals surface area (Å²) in [5, 5.41) is 15.7. The predicted molar refractivity (Wildman–Crippen MR) is 86.9 cm³/mol. The van der Waals surface area contributed by atoms with E-state index in [0.29, 0.717) is 5.82 Å². The van der Waals surface area contributed by atoms with E-state index in [4.69, 9.17) is 5.11 Å². The highest BCUT2D eigenvalue weighted by Gasteiger charge is 2.13. The van der Waals surface area contributed by atoms with Crippen LogP contribution in [0.25, 0.3) is 5.69 Å². The lowest BCUT2D eigenvalue weighted by molar-refractivity contribution is -0.137. The molecule has 1 aromatic heterocycles. The number of hydrogen-bond acceptors (Lipinski definition) is 3. The van der Waals surface area contributed by atoms with E-state index in [9.17, 15) is 9.59 Å². The van der Waals surface area contributed by atoms with Gasteiger partial charge in [-0.1, -0.05) is 17.7 Å². The van der Waals surface area contributed by atoms with Crippen LogP contribution in [-0.4, -0.2) is 45.4 Å². The number of aryl methyl sites for hydroxylation is 2. The Kier molecular flexibility index (Phi) is 5.00. The standard InChI is InChI=1S/C16H20N4O3/c1-11-4-6-13(7-5-11)20-12(2)10-14(18-20)17-16(23)19(3)9-8-15(21)22/h4-7,10H,8-9H2,1-3H3,(H,21,22)(H,17,18,23). The first-order chi connectivity index (χ1) is 10.9. The monoisotopic (exact) mass is 316 g/mol. The normalized spacial score (nSPS) is 10.4. The Morgan fingerprint density at radius 1 is 1.26 bits per heavy atom. The number of anilines is 1.